The van der Waals surface area contributed by atoms with Crippen LogP contribution < -0.4 is 0 Å². The van der Waals surface area contributed by atoms with E-state index < -0.39 is 0 Å². The molecule has 0 amide bonds. The van der Waals surface area contributed by atoms with E-state index in [4.69, 9.17) is 5.11 Å². The maximum Gasteiger partial charge on any atom is 0.115 e. The predicted molar refractivity (Wildman–Crippen MR) is 54.8 cm³/mol. The summed E-state index contributed by atoms with van der Waals surface area (Å²) in [6.07, 6.45) is 2.62. The predicted octanol–water partition coefficient (Wildman–Crippen LogP) is 2.50. The fourth-order valence-corrected chi connectivity index (χ4v) is 2.43. The van der Waals surface area contributed by atoms with Gasteiger partial charge in [-0.3, -0.25) is 0 Å². The standard InChI is InChI=1S/C10H13NOS/c12-9-3-5-10(6-4-9)13-11-7-1-2-8-11/h3-6,12H,1-2,7-8H2. The Balaban J connectivity index is 1.97. The number of hydrogen-bond acceptors (Lipinski definition) is 3. The lowest BCUT2D eigenvalue weighted by atomic mass is 10.3. The van der Waals surface area contributed by atoms with Gasteiger partial charge >= 0.3 is 0 Å². The van der Waals surface area contributed by atoms with E-state index in [-0.39, 0.29) is 0 Å². The monoisotopic (exact) mass is 195 g/mol. The first-order valence-corrected chi connectivity index (χ1v) is 5.34. The van der Waals surface area contributed by atoms with Crippen molar-refractivity contribution >= 4 is 11.9 Å². The number of phenolic OH excluding ortho intramolecular Hbond substituents is 1. The Labute approximate surface area is 82.7 Å². The minimum absolute atomic E-state index is 0.339. The molecular formula is C10H13NOS. The van der Waals surface area contributed by atoms with E-state index in [0.717, 1.165) is 0 Å². The Morgan fingerprint density at radius 2 is 1.69 bits per heavy atom. The zero-order chi connectivity index (χ0) is 9.10. The average molecular weight is 195 g/mol. The molecule has 1 aromatic rings. The maximum atomic E-state index is 9.09. The van der Waals surface area contributed by atoms with Crippen molar-refractivity contribution in [3.05, 3.63) is 24.3 Å². The van der Waals surface area contributed by atoms with Crippen LogP contribution in [0.1, 0.15) is 12.8 Å². The van der Waals surface area contributed by atoms with Crippen LogP contribution in [0.15, 0.2) is 29.2 Å². The summed E-state index contributed by atoms with van der Waals surface area (Å²) in [6.45, 7) is 2.37. The van der Waals surface area contributed by atoms with E-state index in [0.29, 0.717) is 5.75 Å². The quantitative estimate of drug-likeness (QED) is 0.733. The van der Waals surface area contributed by atoms with Gasteiger partial charge in [-0.25, -0.2) is 4.31 Å². The van der Waals surface area contributed by atoms with Gasteiger partial charge < -0.3 is 5.11 Å². The summed E-state index contributed by atoms with van der Waals surface area (Å²) in [5, 5.41) is 9.09. The number of hydrogen-bond donors (Lipinski definition) is 1. The molecule has 1 aliphatic rings. The first-order chi connectivity index (χ1) is 6.34. The van der Waals surface area contributed by atoms with E-state index in [1.165, 1.54) is 30.8 Å². The molecule has 1 fully saturated rings. The summed E-state index contributed by atoms with van der Waals surface area (Å²) in [4.78, 5) is 1.21. The van der Waals surface area contributed by atoms with Gasteiger partial charge in [0.05, 0.1) is 0 Å². The van der Waals surface area contributed by atoms with Crippen LogP contribution in [0.5, 0.6) is 5.75 Å². The van der Waals surface area contributed by atoms with Crippen LogP contribution in [0.25, 0.3) is 0 Å². The Morgan fingerprint density at radius 1 is 1.08 bits per heavy atom. The molecule has 2 rings (SSSR count). The molecule has 1 saturated heterocycles. The van der Waals surface area contributed by atoms with Crippen molar-refractivity contribution in [1.29, 1.82) is 0 Å². The highest BCUT2D eigenvalue weighted by Gasteiger charge is 2.12. The third-order valence-electron chi connectivity index (χ3n) is 2.14. The van der Waals surface area contributed by atoms with Gasteiger partial charge in [-0.05, 0) is 49.1 Å². The summed E-state index contributed by atoms with van der Waals surface area (Å²) in [7, 11) is 0. The van der Waals surface area contributed by atoms with Crippen molar-refractivity contribution < 1.29 is 5.11 Å². The molecule has 0 aromatic heterocycles. The number of nitrogens with zero attached hydrogens (tertiary/aromatic N) is 1. The minimum atomic E-state index is 0.339. The average Bonchev–Trinajstić information content (AvgIpc) is 2.62. The Bertz CT molecular complexity index is 267. The fraction of sp³-hybridized carbons (Fsp3) is 0.400. The van der Waals surface area contributed by atoms with Gasteiger partial charge in [0.2, 0.25) is 0 Å². The van der Waals surface area contributed by atoms with Gasteiger partial charge in [0.25, 0.3) is 0 Å². The molecule has 2 nitrogen and oxygen atoms in total. The zero-order valence-corrected chi connectivity index (χ0v) is 8.26. The van der Waals surface area contributed by atoms with Crippen molar-refractivity contribution in [2.24, 2.45) is 0 Å². The largest absolute Gasteiger partial charge is 0.508 e. The van der Waals surface area contributed by atoms with Gasteiger partial charge in [0.15, 0.2) is 0 Å². The number of rotatable bonds is 2. The summed E-state index contributed by atoms with van der Waals surface area (Å²) in [5.74, 6) is 0.339. The van der Waals surface area contributed by atoms with Crippen molar-refractivity contribution in [3.8, 4) is 5.75 Å². The molecule has 70 valence electrons. The molecule has 1 heterocycles. The van der Waals surface area contributed by atoms with Crippen LogP contribution >= 0.6 is 11.9 Å². The first-order valence-electron chi connectivity index (χ1n) is 4.56. The van der Waals surface area contributed by atoms with Crippen molar-refractivity contribution in [2.45, 2.75) is 17.7 Å². The van der Waals surface area contributed by atoms with E-state index in [9.17, 15) is 0 Å². The summed E-state index contributed by atoms with van der Waals surface area (Å²) < 4.78 is 2.37. The molecule has 1 aliphatic heterocycles. The molecule has 3 heteroatoms. The Hall–Kier alpha value is -0.670. The lowest BCUT2D eigenvalue weighted by Gasteiger charge is -2.12. The van der Waals surface area contributed by atoms with Crippen LogP contribution in [0, 0.1) is 0 Å². The second-order valence-electron chi connectivity index (χ2n) is 3.22. The molecular weight excluding hydrogens is 182 g/mol. The SMILES string of the molecule is Oc1ccc(SN2CCCC2)cc1. The van der Waals surface area contributed by atoms with E-state index in [1.54, 1.807) is 24.1 Å². The van der Waals surface area contributed by atoms with Crippen molar-refractivity contribution in [2.75, 3.05) is 13.1 Å². The number of benzene rings is 1. The topological polar surface area (TPSA) is 23.5 Å². The molecule has 0 spiro atoms. The third kappa shape index (κ3) is 2.39. The smallest absolute Gasteiger partial charge is 0.115 e. The van der Waals surface area contributed by atoms with Crippen LogP contribution in [0.4, 0.5) is 0 Å². The lowest BCUT2D eigenvalue weighted by molar-refractivity contribution is 0.475. The summed E-state index contributed by atoms with van der Waals surface area (Å²) in [5.41, 5.74) is 0. The minimum Gasteiger partial charge on any atom is -0.508 e. The third-order valence-corrected chi connectivity index (χ3v) is 3.24. The Morgan fingerprint density at radius 3 is 2.31 bits per heavy atom. The summed E-state index contributed by atoms with van der Waals surface area (Å²) in [6, 6.07) is 7.38. The molecule has 1 N–H and O–H groups in total. The van der Waals surface area contributed by atoms with E-state index in [2.05, 4.69) is 4.31 Å². The second-order valence-corrected chi connectivity index (χ2v) is 4.39. The van der Waals surface area contributed by atoms with Crippen LogP contribution in [-0.4, -0.2) is 22.5 Å². The number of phenols is 1. The highest BCUT2D eigenvalue weighted by Crippen LogP contribution is 2.27. The van der Waals surface area contributed by atoms with Crippen LogP contribution in [0.3, 0.4) is 0 Å². The van der Waals surface area contributed by atoms with Crippen molar-refractivity contribution in [1.82, 2.24) is 4.31 Å². The van der Waals surface area contributed by atoms with Gasteiger partial charge in [0, 0.05) is 18.0 Å². The second kappa shape index (κ2) is 4.03. The molecule has 0 saturated carbocycles. The molecule has 0 radical (unpaired) electrons. The first kappa shape index (κ1) is 8.91. The number of aromatic hydroxyl groups is 1. The highest BCUT2D eigenvalue weighted by molar-refractivity contribution is 7.97. The molecule has 13 heavy (non-hydrogen) atoms. The van der Waals surface area contributed by atoms with Gasteiger partial charge in [-0.2, -0.15) is 0 Å². The van der Waals surface area contributed by atoms with E-state index >= 15 is 0 Å². The molecule has 0 atom stereocenters. The Kier molecular flexibility index (Phi) is 2.76. The normalized spacial score (nSPS) is 17.8. The van der Waals surface area contributed by atoms with Gasteiger partial charge in [-0.15, -0.1) is 0 Å². The molecule has 1 aromatic carbocycles. The highest BCUT2D eigenvalue weighted by atomic mass is 32.2. The van der Waals surface area contributed by atoms with Gasteiger partial charge in [0.1, 0.15) is 5.75 Å². The zero-order valence-electron chi connectivity index (χ0n) is 7.44. The summed E-state index contributed by atoms with van der Waals surface area (Å²) >= 11 is 1.78. The molecule has 0 aliphatic carbocycles. The van der Waals surface area contributed by atoms with Crippen LogP contribution in [-0.2, 0) is 0 Å². The van der Waals surface area contributed by atoms with Gasteiger partial charge in [-0.1, -0.05) is 0 Å². The molecule has 0 unspecified atom stereocenters. The maximum absolute atomic E-state index is 9.09. The van der Waals surface area contributed by atoms with E-state index in [1.807, 2.05) is 12.1 Å². The fourth-order valence-electron chi connectivity index (χ4n) is 1.44. The lowest BCUT2D eigenvalue weighted by Crippen LogP contribution is -2.08. The van der Waals surface area contributed by atoms with Crippen LogP contribution in [0.2, 0.25) is 0 Å². The van der Waals surface area contributed by atoms with Crippen molar-refractivity contribution in [3.63, 3.8) is 0 Å². The molecule has 0 bridgehead atoms.